The summed E-state index contributed by atoms with van der Waals surface area (Å²) in [4.78, 5) is 36.0. The highest BCUT2D eigenvalue weighted by Gasteiger charge is 2.36. The third-order valence-electron chi connectivity index (χ3n) is 3.09. The lowest BCUT2D eigenvalue weighted by Gasteiger charge is -2.34. The highest BCUT2D eigenvalue weighted by Crippen LogP contribution is 2.15. The molecule has 106 valence electrons. The number of aliphatic carboxylic acids is 1. The molecule has 6 nitrogen and oxygen atoms in total. The summed E-state index contributed by atoms with van der Waals surface area (Å²) in [5.41, 5.74) is -0.591. The number of amides is 1. The van der Waals surface area contributed by atoms with Crippen LogP contribution in [-0.2, 0) is 16.1 Å². The number of nitrogens with zero attached hydrogens (tertiary/aromatic N) is 2. The minimum absolute atomic E-state index is 0.126. The monoisotopic (exact) mass is 286 g/mol. The number of hydrogen-bond acceptors (Lipinski definition) is 4. The van der Waals surface area contributed by atoms with Crippen molar-refractivity contribution in [2.24, 2.45) is 0 Å². The average molecular weight is 286 g/mol. The molecule has 0 aliphatic heterocycles. The Morgan fingerprint density at radius 2 is 2.05 bits per heavy atom. The van der Waals surface area contributed by atoms with Gasteiger partial charge in [-0.3, -0.25) is 14.2 Å². The Bertz CT molecular complexity index is 544. The molecular weight excluding hydrogens is 268 g/mol. The fourth-order valence-corrected chi connectivity index (χ4v) is 2.55. The summed E-state index contributed by atoms with van der Waals surface area (Å²) in [5.74, 6) is -1.45. The van der Waals surface area contributed by atoms with E-state index in [1.807, 2.05) is 0 Å². The molecule has 0 aliphatic rings. The van der Waals surface area contributed by atoms with Crippen LogP contribution in [0, 0.1) is 6.92 Å². The molecule has 1 heterocycles. The van der Waals surface area contributed by atoms with Crippen LogP contribution in [0.2, 0.25) is 0 Å². The highest BCUT2D eigenvalue weighted by molar-refractivity contribution is 7.07. The molecule has 0 radical (unpaired) electrons. The molecular formula is C12H18N2O4S. The van der Waals surface area contributed by atoms with Crippen molar-refractivity contribution in [2.45, 2.75) is 39.8 Å². The molecule has 0 unspecified atom stereocenters. The smallest absolute Gasteiger partial charge is 0.329 e. The second kappa shape index (κ2) is 5.56. The van der Waals surface area contributed by atoms with Crippen LogP contribution in [-0.4, -0.2) is 38.5 Å². The van der Waals surface area contributed by atoms with Crippen molar-refractivity contribution in [3.8, 4) is 0 Å². The maximum Gasteiger partial charge on any atom is 0.329 e. The summed E-state index contributed by atoms with van der Waals surface area (Å²) < 4.78 is 1.35. The third-order valence-corrected chi connectivity index (χ3v) is 3.97. The molecule has 1 aromatic heterocycles. The van der Waals surface area contributed by atoms with Gasteiger partial charge in [-0.05, 0) is 27.7 Å². The molecule has 0 saturated carbocycles. The van der Waals surface area contributed by atoms with E-state index < -0.39 is 11.5 Å². The maximum absolute atomic E-state index is 12.2. The second-order valence-electron chi connectivity index (χ2n) is 4.73. The van der Waals surface area contributed by atoms with Crippen molar-refractivity contribution in [1.82, 2.24) is 9.47 Å². The van der Waals surface area contributed by atoms with Gasteiger partial charge >= 0.3 is 10.8 Å². The van der Waals surface area contributed by atoms with Crippen LogP contribution in [0.15, 0.2) is 10.2 Å². The van der Waals surface area contributed by atoms with Crippen LogP contribution < -0.4 is 4.87 Å². The standard InChI is InChI=1S/C12H18N2O4S/c1-5-14(12(3,4)10(16)17)9(15)6-13-8(2)7-19-11(13)18/h7H,5-6H2,1-4H3,(H,16,17). The number of carbonyl (C=O) groups is 2. The van der Waals surface area contributed by atoms with Gasteiger partial charge in [-0.25, -0.2) is 4.79 Å². The Kier molecular flexibility index (Phi) is 4.52. The van der Waals surface area contributed by atoms with Gasteiger partial charge in [0.05, 0.1) is 0 Å². The first kappa shape index (κ1) is 15.4. The van der Waals surface area contributed by atoms with Gasteiger partial charge in [-0.15, -0.1) is 0 Å². The predicted molar refractivity (Wildman–Crippen MR) is 72.4 cm³/mol. The molecule has 0 aliphatic carbocycles. The van der Waals surface area contributed by atoms with Crippen LogP contribution in [0.4, 0.5) is 0 Å². The number of rotatable bonds is 5. The molecule has 7 heteroatoms. The van der Waals surface area contributed by atoms with Crippen molar-refractivity contribution < 1.29 is 14.7 Å². The first-order chi connectivity index (χ1) is 8.71. The van der Waals surface area contributed by atoms with Crippen molar-refractivity contribution in [2.75, 3.05) is 6.54 Å². The van der Waals surface area contributed by atoms with Crippen molar-refractivity contribution in [1.29, 1.82) is 0 Å². The van der Waals surface area contributed by atoms with Gasteiger partial charge in [-0.1, -0.05) is 11.3 Å². The Hall–Kier alpha value is -1.63. The number of thiazole rings is 1. The topological polar surface area (TPSA) is 79.6 Å². The molecule has 1 N–H and O–H groups in total. The van der Waals surface area contributed by atoms with Gasteiger partial charge in [-0.2, -0.15) is 0 Å². The van der Waals surface area contributed by atoms with Gasteiger partial charge < -0.3 is 10.0 Å². The maximum atomic E-state index is 12.2. The zero-order chi connectivity index (χ0) is 14.8. The number of aromatic nitrogens is 1. The number of hydrogen-bond donors (Lipinski definition) is 1. The van der Waals surface area contributed by atoms with E-state index in [1.165, 1.54) is 23.3 Å². The summed E-state index contributed by atoms with van der Waals surface area (Å²) >= 11 is 1.03. The summed E-state index contributed by atoms with van der Waals surface area (Å²) in [6.45, 7) is 6.55. The fourth-order valence-electron chi connectivity index (χ4n) is 1.82. The van der Waals surface area contributed by atoms with Crippen LogP contribution in [0.1, 0.15) is 26.5 Å². The molecule has 1 amide bonds. The van der Waals surface area contributed by atoms with Gasteiger partial charge in [0, 0.05) is 17.6 Å². The highest BCUT2D eigenvalue weighted by atomic mass is 32.1. The summed E-state index contributed by atoms with van der Waals surface area (Å²) in [6, 6.07) is 0. The van der Waals surface area contributed by atoms with Crippen molar-refractivity contribution >= 4 is 23.2 Å². The largest absolute Gasteiger partial charge is 0.480 e. The lowest BCUT2D eigenvalue weighted by atomic mass is 10.0. The van der Waals surface area contributed by atoms with E-state index >= 15 is 0 Å². The number of carboxylic acid groups (broad SMARTS) is 1. The molecule has 0 spiro atoms. The summed E-state index contributed by atoms with van der Waals surface area (Å²) in [7, 11) is 0. The first-order valence-corrected chi connectivity index (χ1v) is 6.78. The summed E-state index contributed by atoms with van der Waals surface area (Å²) in [5, 5.41) is 10.8. The van der Waals surface area contributed by atoms with Crippen LogP contribution in [0.5, 0.6) is 0 Å². The van der Waals surface area contributed by atoms with Crippen LogP contribution >= 0.6 is 11.3 Å². The van der Waals surface area contributed by atoms with E-state index in [9.17, 15) is 14.4 Å². The zero-order valence-electron chi connectivity index (χ0n) is 11.5. The molecule has 19 heavy (non-hydrogen) atoms. The Morgan fingerprint density at radius 3 is 2.42 bits per heavy atom. The molecule has 0 bridgehead atoms. The second-order valence-corrected chi connectivity index (χ2v) is 5.55. The quantitative estimate of drug-likeness (QED) is 0.873. The molecule has 1 aromatic rings. The van der Waals surface area contributed by atoms with E-state index in [0.717, 1.165) is 11.3 Å². The third kappa shape index (κ3) is 3.04. The van der Waals surface area contributed by atoms with Crippen LogP contribution in [0.25, 0.3) is 0 Å². The number of likely N-dealkylation sites (N-methyl/N-ethyl adjacent to an activating group) is 1. The number of carbonyl (C=O) groups excluding carboxylic acids is 1. The van der Waals surface area contributed by atoms with Gasteiger partial charge in [0.2, 0.25) is 5.91 Å². The normalized spacial score (nSPS) is 11.4. The Balaban J connectivity index is 2.99. The van der Waals surface area contributed by atoms with E-state index in [4.69, 9.17) is 5.11 Å². The van der Waals surface area contributed by atoms with Gasteiger partial charge in [0.1, 0.15) is 12.1 Å². The van der Waals surface area contributed by atoms with E-state index in [-0.39, 0.29) is 23.9 Å². The minimum atomic E-state index is -1.29. The average Bonchev–Trinajstić information content (AvgIpc) is 2.61. The predicted octanol–water partition coefficient (Wildman–Crippen LogP) is 0.930. The molecule has 0 fully saturated rings. The van der Waals surface area contributed by atoms with Crippen molar-refractivity contribution in [3.63, 3.8) is 0 Å². The first-order valence-electron chi connectivity index (χ1n) is 5.90. The van der Waals surface area contributed by atoms with E-state index in [0.29, 0.717) is 5.69 Å². The van der Waals surface area contributed by atoms with Crippen molar-refractivity contribution in [3.05, 3.63) is 20.7 Å². The SMILES string of the molecule is CCN(C(=O)Cn1c(C)csc1=O)C(C)(C)C(=O)O. The zero-order valence-corrected chi connectivity index (χ0v) is 12.3. The van der Waals surface area contributed by atoms with Gasteiger partial charge in [0.15, 0.2) is 0 Å². The Labute approximate surface area is 115 Å². The lowest BCUT2D eigenvalue weighted by Crippen LogP contribution is -2.54. The fraction of sp³-hybridized carbons (Fsp3) is 0.583. The molecule has 0 atom stereocenters. The summed E-state index contributed by atoms with van der Waals surface area (Å²) in [6.07, 6.45) is 0. The molecule has 0 aromatic carbocycles. The molecule has 0 saturated heterocycles. The van der Waals surface area contributed by atoms with E-state index in [1.54, 1.807) is 19.2 Å². The van der Waals surface area contributed by atoms with Crippen LogP contribution in [0.3, 0.4) is 0 Å². The minimum Gasteiger partial charge on any atom is -0.480 e. The Morgan fingerprint density at radius 1 is 1.47 bits per heavy atom. The number of carboxylic acids is 1. The number of aryl methyl sites for hydroxylation is 1. The van der Waals surface area contributed by atoms with Gasteiger partial charge in [0.25, 0.3) is 0 Å². The lowest BCUT2D eigenvalue weighted by molar-refractivity contribution is -0.157. The van der Waals surface area contributed by atoms with E-state index in [2.05, 4.69) is 0 Å². The molecule has 1 rings (SSSR count).